The first kappa shape index (κ1) is 18.1. The lowest BCUT2D eigenvalue weighted by Gasteiger charge is -2.09. The van der Waals surface area contributed by atoms with Gasteiger partial charge in [0.1, 0.15) is 5.75 Å². The smallest absolute Gasteiger partial charge is 0.220 e. The van der Waals surface area contributed by atoms with Gasteiger partial charge in [-0.2, -0.15) is 5.10 Å². The number of nitrogens with one attached hydrogen (secondary N) is 1. The molecule has 0 aliphatic heterocycles. The summed E-state index contributed by atoms with van der Waals surface area (Å²) in [5.74, 6) is 1.51. The molecule has 1 aromatic carbocycles. The maximum absolute atomic E-state index is 12.0. The Hall–Kier alpha value is -2.67. The van der Waals surface area contributed by atoms with E-state index in [0.29, 0.717) is 26.0 Å². The van der Waals surface area contributed by atoms with E-state index >= 15 is 0 Å². The van der Waals surface area contributed by atoms with Gasteiger partial charge in [0.2, 0.25) is 5.91 Å². The first-order valence-electron chi connectivity index (χ1n) is 8.31. The van der Waals surface area contributed by atoms with Crippen LogP contribution in [0.3, 0.4) is 0 Å². The van der Waals surface area contributed by atoms with Crippen molar-refractivity contribution in [1.29, 1.82) is 0 Å². The molecule has 0 radical (unpaired) electrons. The Balaban J connectivity index is 1.40. The molecule has 1 amide bonds. The average Bonchev–Trinajstić information content (AvgIpc) is 3.20. The molecular weight excluding hydrogens is 396 g/mol. The predicted octanol–water partition coefficient (Wildman–Crippen LogP) is 3.51. The molecule has 0 fully saturated rings. The van der Waals surface area contributed by atoms with E-state index in [1.807, 2.05) is 48.7 Å². The highest BCUT2D eigenvalue weighted by Crippen LogP contribution is 2.23. The Labute approximate surface area is 160 Å². The highest BCUT2D eigenvalue weighted by Gasteiger charge is 2.05. The molecule has 2 aromatic heterocycles. The summed E-state index contributed by atoms with van der Waals surface area (Å²) >= 11 is 3.43. The van der Waals surface area contributed by atoms with Crippen LogP contribution in [0.1, 0.15) is 18.4 Å². The molecule has 0 bridgehead atoms. The molecule has 26 heavy (non-hydrogen) atoms. The van der Waals surface area contributed by atoms with Crippen molar-refractivity contribution < 1.29 is 9.53 Å². The topological polar surface area (TPSA) is 69.0 Å². The maximum Gasteiger partial charge on any atom is 0.220 e. The van der Waals surface area contributed by atoms with Crippen LogP contribution in [0.2, 0.25) is 0 Å². The van der Waals surface area contributed by atoms with E-state index in [-0.39, 0.29) is 5.91 Å². The number of hydrogen-bond donors (Lipinski definition) is 1. The highest BCUT2D eigenvalue weighted by atomic mass is 79.9. The number of hydrogen-bond acceptors (Lipinski definition) is 4. The van der Waals surface area contributed by atoms with Crippen molar-refractivity contribution in [3.05, 3.63) is 71.1 Å². The zero-order chi connectivity index (χ0) is 18.2. The quantitative estimate of drug-likeness (QED) is 0.572. The summed E-state index contributed by atoms with van der Waals surface area (Å²) in [6, 6.07) is 13.3. The van der Waals surface area contributed by atoms with Gasteiger partial charge in [0.05, 0.1) is 11.1 Å². The molecule has 0 aliphatic rings. The van der Waals surface area contributed by atoms with E-state index in [1.54, 1.807) is 17.1 Å². The van der Waals surface area contributed by atoms with Crippen LogP contribution in [-0.4, -0.2) is 27.3 Å². The minimum Gasteiger partial charge on any atom is -0.492 e. The van der Waals surface area contributed by atoms with E-state index in [2.05, 4.69) is 31.3 Å². The van der Waals surface area contributed by atoms with Gasteiger partial charge in [-0.1, -0.05) is 12.1 Å². The Kier molecular flexibility index (Phi) is 6.38. The van der Waals surface area contributed by atoms with Crippen LogP contribution < -0.4 is 10.1 Å². The molecule has 0 saturated carbocycles. The number of pyridine rings is 1. The van der Waals surface area contributed by atoms with Crippen LogP contribution in [0.25, 0.3) is 5.82 Å². The number of amides is 1. The summed E-state index contributed by atoms with van der Waals surface area (Å²) in [5.41, 5.74) is 0.975. The van der Waals surface area contributed by atoms with E-state index in [0.717, 1.165) is 21.6 Å². The summed E-state index contributed by atoms with van der Waals surface area (Å²) in [7, 11) is 0. The highest BCUT2D eigenvalue weighted by molar-refractivity contribution is 9.10. The summed E-state index contributed by atoms with van der Waals surface area (Å²) in [5, 5.41) is 7.07. The van der Waals surface area contributed by atoms with Crippen molar-refractivity contribution in [2.75, 3.05) is 6.61 Å². The molecule has 3 aromatic rings. The van der Waals surface area contributed by atoms with E-state index < -0.39 is 0 Å². The lowest BCUT2D eigenvalue weighted by atomic mass is 10.2. The summed E-state index contributed by atoms with van der Waals surface area (Å²) in [6.07, 6.45) is 6.32. The number of halogens is 1. The normalized spacial score (nSPS) is 10.5. The Morgan fingerprint density at radius 3 is 2.88 bits per heavy atom. The average molecular weight is 415 g/mol. The number of nitrogens with zero attached hydrogens (tertiary/aromatic N) is 3. The summed E-state index contributed by atoms with van der Waals surface area (Å²) in [4.78, 5) is 16.3. The summed E-state index contributed by atoms with van der Waals surface area (Å²) in [6.45, 7) is 0.954. The SMILES string of the molecule is O=C(CCCOc1ccccc1Br)NCc1ccnc(-n2cccn2)c1. The number of benzene rings is 1. The maximum atomic E-state index is 12.0. The molecular formula is C19H19BrN4O2. The molecule has 6 nitrogen and oxygen atoms in total. The molecule has 2 heterocycles. The first-order chi connectivity index (χ1) is 12.7. The largest absolute Gasteiger partial charge is 0.492 e. The molecule has 3 rings (SSSR count). The van der Waals surface area contributed by atoms with Crippen molar-refractivity contribution in [2.24, 2.45) is 0 Å². The lowest BCUT2D eigenvalue weighted by Crippen LogP contribution is -2.23. The second kappa shape index (κ2) is 9.15. The molecule has 7 heteroatoms. The Bertz CT molecular complexity index is 852. The monoisotopic (exact) mass is 414 g/mol. The van der Waals surface area contributed by atoms with Crippen molar-refractivity contribution in [3.63, 3.8) is 0 Å². The van der Waals surface area contributed by atoms with Gasteiger partial charge in [0.25, 0.3) is 0 Å². The Morgan fingerprint density at radius 1 is 1.19 bits per heavy atom. The van der Waals surface area contributed by atoms with Crippen molar-refractivity contribution >= 4 is 21.8 Å². The van der Waals surface area contributed by atoms with E-state index in [4.69, 9.17) is 4.74 Å². The molecule has 0 aliphatic carbocycles. The molecule has 0 atom stereocenters. The van der Waals surface area contributed by atoms with E-state index in [1.165, 1.54) is 0 Å². The minimum absolute atomic E-state index is 0.00169. The Morgan fingerprint density at radius 2 is 2.08 bits per heavy atom. The van der Waals surface area contributed by atoms with Gasteiger partial charge in [0.15, 0.2) is 5.82 Å². The van der Waals surface area contributed by atoms with Crippen molar-refractivity contribution in [3.8, 4) is 11.6 Å². The third-order valence-electron chi connectivity index (χ3n) is 3.68. The lowest BCUT2D eigenvalue weighted by molar-refractivity contribution is -0.121. The van der Waals surface area contributed by atoms with Gasteiger partial charge in [0, 0.05) is 31.6 Å². The zero-order valence-corrected chi connectivity index (χ0v) is 15.7. The summed E-state index contributed by atoms with van der Waals surface area (Å²) < 4.78 is 8.26. The van der Waals surface area contributed by atoms with Crippen molar-refractivity contribution in [2.45, 2.75) is 19.4 Å². The minimum atomic E-state index is -0.00169. The number of ether oxygens (including phenoxy) is 1. The third-order valence-corrected chi connectivity index (χ3v) is 4.34. The van der Waals surface area contributed by atoms with Crippen LogP contribution in [-0.2, 0) is 11.3 Å². The zero-order valence-electron chi connectivity index (χ0n) is 14.1. The third kappa shape index (κ3) is 5.16. The standard InChI is InChI=1S/C19H19BrN4O2/c20-16-5-1-2-6-17(16)26-12-3-7-19(25)22-14-15-8-10-21-18(13-15)24-11-4-9-23-24/h1-2,4-6,8-11,13H,3,7,12,14H2,(H,22,25). The van der Waals surface area contributed by atoms with Crippen molar-refractivity contribution in [1.82, 2.24) is 20.1 Å². The van der Waals surface area contributed by atoms with Crippen LogP contribution >= 0.6 is 15.9 Å². The van der Waals surface area contributed by atoms with Gasteiger partial charge in [-0.3, -0.25) is 4.79 Å². The number of carbonyl (C=O) groups excluding carboxylic acids is 1. The number of carbonyl (C=O) groups is 1. The second-order valence-corrected chi connectivity index (χ2v) is 6.49. The van der Waals surface area contributed by atoms with Crippen LogP contribution in [0.15, 0.2) is 65.5 Å². The van der Waals surface area contributed by atoms with E-state index in [9.17, 15) is 4.79 Å². The fourth-order valence-corrected chi connectivity index (χ4v) is 2.77. The first-order valence-corrected chi connectivity index (χ1v) is 9.10. The molecule has 134 valence electrons. The molecule has 0 saturated heterocycles. The van der Waals surface area contributed by atoms with Gasteiger partial charge >= 0.3 is 0 Å². The number of aromatic nitrogens is 3. The van der Waals surface area contributed by atoms with Gasteiger partial charge in [-0.05, 0) is 58.2 Å². The van der Waals surface area contributed by atoms with Crippen LogP contribution in [0.4, 0.5) is 0 Å². The molecule has 1 N–H and O–H groups in total. The fraction of sp³-hybridized carbons (Fsp3) is 0.211. The van der Waals surface area contributed by atoms with Gasteiger partial charge in [-0.25, -0.2) is 9.67 Å². The molecule has 0 unspecified atom stereocenters. The predicted molar refractivity (Wildman–Crippen MR) is 102 cm³/mol. The number of rotatable bonds is 8. The van der Waals surface area contributed by atoms with Crippen LogP contribution in [0.5, 0.6) is 5.75 Å². The van der Waals surface area contributed by atoms with Gasteiger partial charge in [-0.15, -0.1) is 0 Å². The van der Waals surface area contributed by atoms with Gasteiger partial charge < -0.3 is 10.1 Å². The van der Waals surface area contributed by atoms with Crippen LogP contribution in [0, 0.1) is 0 Å². The molecule has 0 spiro atoms. The fourth-order valence-electron chi connectivity index (χ4n) is 2.37. The number of para-hydroxylation sites is 1. The second-order valence-electron chi connectivity index (χ2n) is 5.63.